The van der Waals surface area contributed by atoms with E-state index >= 15 is 0 Å². The lowest BCUT2D eigenvalue weighted by atomic mass is 9.91. The van der Waals surface area contributed by atoms with Crippen molar-refractivity contribution in [1.29, 1.82) is 0 Å². The number of hydrogen-bond donors (Lipinski definition) is 2. The second-order valence-corrected chi connectivity index (χ2v) is 5.03. The van der Waals surface area contributed by atoms with Gasteiger partial charge in [-0.1, -0.05) is 43.7 Å². The summed E-state index contributed by atoms with van der Waals surface area (Å²) in [5, 5.41) is 12.5. The van der Waals surface area contributed by atoms with Crippen molar-refractivity contribution in [2.45, 2.75) is 51.9 Å². The molecule has 4 heteroatoms. The van der Waals surface area contributed by atoms with Crippen molar-refractivity contribution >= 4 is 6.09 Å². The SMILES string of the molecule is CCCC(C)(NC(=O)OCc1ccccc1)C(C)O. The Morgan fingerprint density at radius 2 is 2.05 bits per heavy atom. The molecule has 0 saturated carbocycles. The van der Waals surface area contributed by atoms with Gasteiger partial charge in [-0.3, -0.25) is 0 Å². The minimum Gasteiger partial charge on any atom is -0.445 e. The monoisotopic (exact) mass is 265 g/mol. The minimum absolute atomic E-state index is 0.231. The Balaban J connectivity index is 2.49. The van der Waals surface area contributed by atoms with Crippen molar-refractivity contribution in [1.82, 2.24) is 5.32 Å². The van der Waals surface area contributed by atoms with E-state index in [9.17, 15) is 9.90 Å². The van der Waals surface area contributed by atoms with Gasteiger partial charge in [-0.25, -0.2) is 4.79 Å². The summed E-state index contributed by atoms with van der Waals surface area (Å²) >= 11 is 0. The van der Waals surface area contributed by atoms with Gasteiger partial charge in [-0.2, -0.15) is 0 Å². The molecule has 0 bridgehead atoms. The van der Waals surface area contributed by atoms with Crippen molar-refractivity contribution in [3.63, 3.8) is 0 Å². The van der Waals surface area contributed by atoms with Crippen LogP contribution in [0.15, 0.2) is 30.3 Å². The van der Waals surface area contributed by atoms with E-state index in [1.807, 2.05) is 44.2 Å². The molecule has 0 spiro atoms. The molecule has 0 radical (unpaired) electrons. The average molecular weight is 265 g/mol. The second-order valence-electron chi connectivity index (χ2n) is 5.03. The fourth-order valence-corrected chi connectivity index (χ4v) is 1.89. The largest absolute Gasteiger partial charge is 0.445 e. The molecule has 1 aromatic carbocycles. The quantitative estimate of drug-likeness (QED) is 0.831. The molecule has 1 aromatic rings. The Bertz CT molecular complexity index is 392. The molecule has 1 amide bonds. The van der Waals surface area contributed by atoms with Gasteiger partial charge >= 0.3 is 6.09 Å². The molecule has 2 unspecified atom stereocenters. The number of nitrogens with one attached hydrogen (secondary N) is 1. The lowest BCUT2D eigenvalue weighted by molar-refractivity contribution is 0.0647. The molecule has 4 nitrogen and oxygen atoms in total. The third kappa shape index (κ3) is 4.91. The fraction of sp³-hybridized carbons (Fsp3) is 0.533. The van der Waals surface area contributed by atoms with Crippen LogP contribution in [0, 0.1) is 0 Å². The zero-order valence-corrected chi connectivity index (χ0v) is 11.8. The van der Waals surface area contributed by atoms with Gasteiger partial charge in [0.05, 0.1) is 11.6 Å². The zero-order valence-electron chi connectivity index (χ0n) is 11.8. The van der Waals surface area contributed by atoms with E-state index in [0.717, 1.165) is 12.0 Å². The third-order valence-corrected chi connectivity index (χ3v) is 3.29. The molecule has 0 heterocycles. The van der Waals surface area contributed by atoms with Crippen LogP contribution in [0.1, 0.15) is 39.2 Å². The van der Waals surface area contributed by atoms with Crippen molar-refractivity contribution in [3.8, 4) is 0 Å². The molecule has 0 aliphatic rings. The van der Waals surface area contributed by atoms with Gasteiger partial charge in [0.25, 0.3) is 0 Å². The number of ether oxygens (including phenoxy) is 1. The first-order valence-electron chi connectivity index (χ1n) is 6.65. The van der Waals surface area contributed by atoms with E-state index in [0.29, 0.717) is 6.42 Å². The molecule has 0 fully saturated rings. The van der Waals surface area contributed by atoms with Gasteiger partial charge in [-0.05, 0) is 25.8 Å². The third-order valence-electron chi connectivity index (χ3n) is 3.29. The van der Waals surface area contributed by atoms with Crippen LogP contribution in [-0.2, 0) is 11.3 Å². The van der Waals surface area contributed by atoms with Crippen LogP contribution in [0.5, 0.6) is 0 Å². The van der Waals surface area contributed by atoms with E-state index < -0.39 is 17.7 Å². The molecular weight excluding hydrogens is 242 g/mol. The van der Waals surface area contributed by atoms with Crippen LogP contribution in [0.2, 0.25) is 0 Å². The Labute approximate surface area is 114 Å². The summed E-state index contributed by atoms with van der Waals surface area (Å²) in [6.07, 6.45) is 0.447. The zero-order chi connectivity index (χ0) is 14.3. The highest BCUT2D eigenvalue weighted by molar-refractivity contribution is 5.68. The number of benzene rings is 1. The Kier molecular flexibility index (Phi) is 5.83. The maximum absolute atomic E-state index is 11.8. The van der Waals surface area contributed by atoms with E-state index in [2.05, 4.69) is 5.32 Å². The summed E-state index contributed by atoms with van der Waals surface area (Å²) in [6, 6.07) is 9.50. The predicted octanol–water partition coefficient (Wildman–Crippen LogP) is 2.85. The number of aliphatic hydroxyl groups is 1. The molecule has 19 heavy (non-hydrogen) atoms. The van der Waals surface area contributed by atoms with Crippen LogP contribution in [0.4, 0.5) is 4.79 Å². The summed E-state index contributed by atoms with van der Waals surface area (Å²) in [7, 11) is 0. The van der Waals surface area contributed by atoms with Gasteiger partial charge in [0.1, 0.15) is 6.61 Å². The number of hydrogen-bond acceptors (Lipinski definition) is 3. The van der Waals surface area contributed by atoms with E-state index in [4.69, 9.17) is 4.74 Å². The summed E-state index contributed by atoms with van der Waals surface area (Å²) in [6.45, 7) is 5.74. The number of amides is 1. The summed E-state index contributed by atoms with van der Waals surface area (Å²) in [5.74, 6) is 0. The lowest BCUT2D eigenvalue weighted by Gasteiger charge is -2.33. The smallest absolute Gasteiger partial charge is 0.407 e. The highest BCUT2D eigenvalue weighted by Gasteiger charge is 2.31. The van der Waals surface area contributed by atoms with Gasteiger partial charge < -0.3 is 15.2 Å². The molecule has 0 aromatic heterocycles. The van der Waals surface area contributed by atoms with E-state index in [1.54, 1.807) is 6.92 Å². The van der Waals surface area contributed by atoms with Crippen molar-refractivity contribution < 1.29 is 14.6 Å². The summed E-state index contributed by atoms with van der Waals surface area (Å²) in [4.78, 5) is 11.8. The lowest BCUT2D eigenvalue weighted by Crippen LogP contribution is -2.53. The molecule has 0 saturated heterocycles. The first-order chi connectivity index (χ1) is 8.98. The van der Waals surface area contributed by atoms with Crippen molar-refractivity contribution in [2.75, 3.05) is 0 Å². The van der Waals surface area contributed by atoms with Gasteiger partial charge in [-0.15, -0.1) is 0 Å². The van der Waals surface area contributed by atoms with Crippen LogP contribution in [0.3, 0.4) is 0 Å². The van der Waals surface area contributed by atoms with E-state index in [-0.39, 0.29) is 6.61 Å². The first kappa shape index (κ1) is 15.5. The van der Waals surface area contributed by atoms with Crippen molar-refractivity contribution in [2.24, 2.45) is 0 Å². The molecule has 2 atom stereocenters. The van der Waals surface area contributed by atoms with Crippen LogP contribution < -0.4 is 5.32 Å². The number of rotatable bonds is 6. The van der Waals surface area contributed by atoms with Gasteiger partial charge in [0.2, 0.25) is 0 Å². The Morgan fingerprint density at radius 1 is 1.42 bits per heavy atom. The topological polar surface area (TPSA) is 58.6 Å². The van der Waals surface area contributed by atoms with Gasteiger partial charge in [0.15, 0.2) is 0 Å². The van der Waals surface area contributed by atoms with Gasteiger partial charge in [0, 0.05) is 0 Å². The number of carbonyl (C=O) groups excluding carboxylic acids is 1. The van der Waals surface area contributed by atoms with E-state index in [1.165, 1.54) is 0 Å². The summed E-state index contributed by atoms with van der Waals surface area (Å²) in [5.41, 5.74) is 0.287. The molecule has 1 rings (SSSR count). The first-order valence-corrected chi connectivity index (χ1v) is 6.65. The number of aliphatic hydroxyl groups excluding tert-OH is 1. The van der Waals surface area contributed by atoms with Crippen LogP contribution in [-0.4, -0.2) is 22.8 Å². The molecule has 0 aliphatic heterocycles. The van der Waals surface area contributed by atoms with Crippen LogP contribution in [0.25, 0.3) is 0 Å². The minimum atomic E-state index is -0.650. The Hall–Kier alpha value is -1.55. The number of carbonyl (C=O) groups is 1. The maximum Gasteiger partial charge on any atom is 0.407 e. The molecule has 0 aliphatic carbocycles. The molecule has 106 valence electrons. The number of alkyl carbamates (subject to hydrolysis) is 1. The van der Waals surface area contributed by atoms with Crippen LogP contribution >= 0.6 is 0 Å². The second kappa shape index (κ2) is 7.14. The Morgan fingerprint density at radius 3 is 2.58 bits per heavy atom. The average Bonchev–Trinajstić information content (AvgIpc) is 2.37. The standard InChI is InChI=1S/C15H23NO3/c1-4-10-15(3,12(2)17)16-14(18)19-11-13-8-6-5-7-9-13/h5-9,12,17H,4,10-11H2,1-3H3,(H,16,18). The summed E-state index contributed by atoms with van der Waals surface area (Å²) < 4.78 is 5.16. The van der Waals surface area contributed by atoms with Crippen molar-refractivity contribution in [3.05, 3.63) is 35.9 Å². The highest BCUT2D eigenvalue weighted by atomic mass is 16.5. The predicted molar refractivity (Wildman–Crippen MR) is 74.8 cm³/mol. The maximum atomic E-state index is 11.8. The fourth-order valence-electron chi connectivity index (χ4n) is 1.89. The molecular formula is C15H23NO3. The normalized spacial score (nSPS) is 15.4. The molecule has 2 N–H and O–H groups in total. The highest BCUT2D eigenvalue weighted by Crippen LogP contribution is 2.17.